The molecule has 4 rings (SSSR count). The molecule has 0 aliphatic carbocycles. The number of fused-ring (bicyclic) bond motifs is 1. The molecular weight excluding hydrogens is 328 g/mol. The first-order valence-electron chi connectivity index (χ1n) is 7.21. The molecule has 118 valence electrons. The van der Waals surface area contributed by atoms with E-state index < -0.39 is 0 Å². The van der Waals surface area contributed by atoms with Crippen LogP contribution >= 0.6 is 11.6 Å². The van der Waals surface area contributed by atoms with Gasteiger partial charge in [-0.05, 0) is 42.5 Å². The minimum Gasteiger partial charge on any atom is -0.459 e. The second-order valence-electron chi connectivity index (χ2n) is 5.11. The number of para-hydroxylation sites is 2. The van der Waals surface area contributed by atoms with Crippen molar-refractivity contribution in [3.05, 3.63) is 71.6 Å². The Hall–Kier alpha value is -3.05. The molecule has 0 aliphatic heterocycles. The van der Waals surface area contributed by atoms with Crippen LogP contribution in [-0.2, 0) is 0 Å². The smallest absolute Gasteiger partial charge is 0.291 e. The molecule has 0 spiro atoms. The Morgan fingerprint density at radius 1 is 1.08 bits per heavy atom. The van der Waals surface area contributed by atoms with Crippen molar-refractivity contribution in [2.75, 3.05) is 5.32 Å². The summed E-state index contributed by atoms with van der Waals surface area (Å²) in [5.41, 5.74) is 2.67. The number of carbonyl (C=O) groups is 1. The fourth-order valence-corrected chi connectivity index (χ4v) is 2.62. The number of hydrogen-bond acceptors (Lipinski definition) is 4. The molecule has 0 unspecified atom stereocenters. The standard InChI is InChI=1S/C18H11ClN2O3/c19-13-10-11(20-17(22)16-6-3-9-23-16)7-8-12(13)18-21-14-4-1-2-5-15(14)24-18/h1-10H,(H,20,22). The van der Waals surface area contributed by atoms with Gasteiger partial charge in [0, 0.05) is 5.69 Å². The molecule has 0 aliphatic rings. The fraction of sp³-hybridized carbons (Fsp3) is 0. The van der Waals surface area contributed by atoms with Gasteiger partial charge in [-0.1, -0.05) is 23.7 Å². The largest absolute Gasteiger partial charge is 0.459 e. The molecule has 2 aromatic heterocycles. The Kier molecular flexibility index (Phi) is 3.55. The fourth-order valence-electron chi connectivity index (χ4n) is 2.35. The van der Waals surface area contributed by atoms with E-state index in [-0.39, 0.29) is 11.7 Å². The molecule has 24 heavy (non-hydrogen) atoms. The van der Waals surface area contributed by atoms with Crippen LogP contribution in [0, 0.1) is 0 Å². The first kappa shape index (κ1) is 14.5. The predicted molar refractivity (Wildman–Crippen MR) is 91.1 cm³/mol. The van der Waals surface area contributed by atoms with E-state index >= 15 is 0 Å². The second-order valence-corrected chi connectivity index (χ2v) is 5.52. The molecule has 2 aromatic carbocycles. The Labute approximate surface area is 141 Å². The molecule has 0 radical (unpaired) electrons. The quantitative estimate of drug-likeness (QED) is 0.571. The van der Waals surface area contributed by atoms with Gasteiger partial charge in [0.05, 0.1) is 16.8 Å². The number of furan rings is 1. The van der Waals surface area contributed by atoms with E-state index in [0.717, 1.165) is 5.52 Å². The van der Waals surface area contributed by atoms with Crippen LogP contribution < -0.4 is 5.32 Å². The Morgan fingerprint density at radius 3 is 2.71 bits per heavy atom. The molecule has 0 atom stereocenters. The Morgan fingerprint density at radius 2 is 1.96 bits per heavy atom. The van der Waals surface area contributed by atoms with Gasteiger partial charge in [-0.2, -0.15) is 0 Å². The molecule has 0 bridgehead atoms. The van der Waals surface area contributed by atoms with Gasteiger partial charge in [-0.15, -0.1) is 0 Å². The third-order valence-corrected chi connectivity index (χ3v) is 3.81. The highest BCUT2D eigenvalue weighted by Crippen LogP contribution is 2.32. The Balaban J connectivity index is 1.63. The number of amides is 1. The number of nitrogens with zero attached hydrogens (tertiary/aromatic N) is 1. The van der Waals surface area contributed by atoms with Crippen molar-refractivity contribution in [1.82, 2.24) is 4.98 Å². The van der Waals surface area contributed by atoms with Gasteiger partial charge >= 0.3 is 0 Å². The molecule has 0 fully saturated rings. The lowest BCUT2D eigenvalue weighted by Gasteiger charge is -2.06. The summed E-state index contributed by atoms with van der Waals surface area (Å²) in [5.74, 6) is 0.324. The topological polar surface area (TPSA) is 68.3 Å². The van der Waals surface area contributed by atoms with Crippen molar-refractivity contribution in [2.24, 2.45) is 0 Å². The summed E-state index contributed by atoms with van der Waals surface area (Å²) >= 11 is 6.33. The first-order valence-corrected chi connectivity index (χ1v) is 7.59. The van der Waals surface area contributed by atoms with E-state index in [9.17, 15) is 4.79 Å². The number of halogens is 1. The van der Waals surface area contributed by atoms with Crippen molar-refractivity contribution in [3.8, 4) is 11.5 Å². The zero-order valence-electron chi connectivity index (χ0n) is 12.3. The molecule has 1 N–H and O–H groups in total. The summed E-state index contributed by atoms with van der Waals surface area (Å²) < 4.78 is 10.8. The number of carbonyl (C=O) groups excluding carboxylic acids is 1. The molecule has 1 amide bonds. The summed E-state index contributed by atoms with van der Waals surface area (Å²) in [7, 11) is 0. The van der Waals surface area contributed by atoms with Crippen molar-refractivity contribution < 1.29 is 13.6 Å². The maximum Gasteiger partial charge on any atom is 0.291 e. The van der Waals surface area contributed by atoms with E-state index in [4.69, 9.17) is 20.4 Å². The zero-order valence-corrected chi connectivity index (χ0v) is 13.1. The number of hydrogen-bond donors (Lipinski definition) is 1. The lowest BCUT2D eigenvalue weighted by molar-refractivity contribution is 0.0996. The summed E-state index contributed by atoms with van der Waals surface area (Å²) in [6.45, 7) is 0. The number of oxazole rings is 1. The highest BCUT2D eigenvalue weighted by Gasteiger charge is 2.14. The van der Waals surface area contributed by atoms with Crippen molar-refractivity contribution in [1.29, 1.82) is 0 Å². The third kappa shape index (κ3) is 2.66. The van der Waals surface area contributed by atoms with Gasteiger partial charge in [0.25, 0.3) is 5.91 Å². The Bertz CT molecular complexity index is 989. The molecule has 5 nitrogen and oxygen atoms in total. The molecule has 4 aromatic rings. The van der Waals surface area contributed by atoms with Crippen LogP contribution in [0.4, 0.5) is 5.69 Å². The average molecular weight is 339 g/mol. The van der Waals surface area contributed by atoms with Crippen molar-refractivity contribution >= 4 is 34.3 Å². The van der Waals surface area contributed by atoms with E-state index in [0.29, 0.717) is 27.7 Å². The van der Waals surface area contributed by atoms with Crippen LogP contribution in [0.25, 0.3) is 22.6 Å². The number of nitrogens with one attached hydrogen (secondary N) is 1. The second kappa shape index (κ2) is 5.86. The van der Waals surface area contributed by atoms with Crippen molar-refractivity contribution in [3.63, 3.8) is 0 Å². The zero-order chi connectivity index (χ0) is 16.5. The summed E-state index contributed by atoms with van der Waals surface area (Å²) in [6, 6.07) is 15.9. The van der Waals surface area contributed by atoms with Gasteiger partial charge in [0.2, 0.25) is 5.89 Å². The SMILES string of the molecule is O=C(Nc1ccc(-c2nc3ccccc3o2)c(Cl)c1)c1ccco1. The van der Waals surface area contributed by atoms with Gasteiger partial charge in [0.1, 0.15) is 5.52 Å². The number of rotatable bonds is 3. The van der Waals surface area contributed by atoms with E-state index in [2.05, 4.69) is 10.3 Å². The predicted octanol–water partition coefficient (Wildman–Crippen LogP) is 4.99. The summed E-state index contributed by atoms with van der Waals surface area (Å²) in [6.07, 6.45) is 1.44. The van der Waals surface area contributed by atoms with Gasteiger partial charge in [-0.25, -0.2) is 4.98 Å². The lowest BCUT2D eigenvalue weighted by Crippen LogP contribution is -2.10. The number of anilines is 1. The highest BCUT2D eigenvalue weighted by molar-refractivity contribution is 6.33. The van der Waals surface area contributed by atoms with Gasteiger partial charge in [0.15, 0.2) is 11.3 Å². The molecular formula is C18H11ClN2O3. The maximum atomic E-state index is 12.0. The molecule has 0 saturated heterocycles. The minimum atomic E-state index is -0.342. The third-order valence-electron chi connectivity index (χ3n) is 3.50. The van der Waals surface area contributed by atoms with Crippen LogP contribution in [0.1, 0.15) is 10.6 Å². The highest BCUT2D eigenvalue weighted by atomic mass is 35.5. The van der Waals surface area contributed by atoms with Gasteiger partial charge in [-0.3, -0.25) is 4.79 Å². The van der Waals surface area contributed by atoms with Crippen molar-refractivity contribution in [2.45, 2.75) is 0 Å². The first-order chi connectivity index (χ1) is 11.7. The van der Waals surface area contributed by atoms with Crippen LogP contribution in [0.2, 0.25) is 5.02 Å². The van der Waals surface area contributed by atoms with E-state index in [1.807, 2.05) is 24.3 Å². The van der Waals surface area contributed by atoms with Crippen LogP contribution in [-0.4, -0.2) is 10.9 Å². The number of aromatic nitrogens is 1. The van der Waals surface area contributed by atoms with Crippen LogP contribution in [0.3, 0.4) is 0 Å². The molecule has 0 saturated carbocycles. The molecule has 2 heterocycles. The lowest BCUT2D eigenvalue weighted by atomic mass is 10.2. The maximum absolute atomic E-state index is 12.0. The summed E-state index contributed by atoms with van der Waals surface area (Å²) in [4.78, 5) is 16.4. The number of benzene rings is 2. The summed E-state index contributed by atoms with van der Waals surface area (Å²) in [5, 5.41) is 3.15. The van der Waals surface area contributed by atoms with Crippen LogP contribution in [0.15, 0.2) is 69.7 Å². The van der Waals surface area contributed by atoms with Gasteiger partial charge < -0.3 is 14.2 Å². The minimum absolute atomic E-state index is 0.231. The average Bonchev–Trinajstić information content (AvgIpc) is 3.24. The van der Waals surface area contributed by atoms with Crippen LogP contribution in [0.5, 0.6) is 0 Å². The normalized spacial score (nSPS) is 10.9. The van der Waals surface area contributed by atoms with E-state index in [1.165, 1.54) is 6.26 Å². The monoisotopic (exact) mass is 338 g/mol. The molecule has 6 heteroatoms. The van der Waals surface area contributed by atoms with E-state index in [1.54, 1.807) is 30.3 Å².